The van der Waals surface area contributed by atoms with E-state index in [4.69, 9.17) is 9.84 Å². The number of nitrogens with zero attached hydrogens (tertiary/aromatic N) is 1. The Kier molecular flexibility index (Phi) is 3.83. The average molecular weight is 291 g/mol. The molecule has 0 fully saturated rings. The van der Waals surface area contributed by atoms with Crippen LogP contribution in [0.15, 0.2) is 73.3 Å². The van der Waals surface area contributed by atoms with Crippen molar-refractivity contribution in [2.24, 2.45) is 0 Å². The topological polar surface area (TPSA) is 59.4 Å². The molecule has 108 valence electrons. The molecule has 4 nitrogen and oxygen atoms in total. The van der Waals surface area contributed by atoms with Crippen LogP contribution in [-0.2, 0) is 4.79 Å². The number of carbonyl (C=O) groups is 1. The normalized spacial score (nSPS) is 10.9. The van der Waals surface area contributed by atoms with Crippen molar-refractivity contribution in [2.45, 2.75) is 0 Å². The Labute approximate surface area is 127 Å². The van der Waals surface area contributed by atoms with Crippen LogP contribution in [-0.4, -0.2) is 16.1 Å². The van der Waals surface area contributed by atoms with Gasteiger partial charge in [0.1, 0.15) is 5.75 Å². The van der Waals surface area contributed by atoms with Gasteiger partial charge in [0.2, 0.25) is 0 Å². The van der Waals surface area contributed by atoms with Crippen molar-refractivity contribution >= 4 is 16.7 Å². The number of carboxylic acids is 1. The molecule has 0 spiro atoms. The minimum absolute atomic E-state index is 0.587. The van der Waals surface area contributed by atoms with Gasteiger partial charge in [-0.2, -0.15) is 0 Å². The Morgan fingerprint density at radius 2 is 1.95 bits per heavy atom. The molecule has 0 aliphatic carbocycles. The number of carboxylic acid groups (broad SMARTS) is 1. The first-order chi connectivity index (χ1) is 10.8. The highest BCUT2D eigenvalue weighted by Gasteiger charge is 2.10. The van der Waals surface area contributed by atoms with Gasteiger partial charge in [0.05, 0.1) is 12.3 Å². The molecule has 1 N–H and O–H groups in total. The number of aromatic nitrogens is 1. The maximum Gasteiger partial charge on any atom is 0.331 e. The number of hydrogen-bond donors (Lipinski definition) is 1. The van der Waals surface area contributed by atoms with Crippen LogP contribution in [0.25, 0.3) is 21.9 Å². The molecule has 1 heterocycles. The number of hydrogen-bond acceptors (Lipinski definition) is 3. The second-order valence-electron chi connectivity index (χ2n) is 4.66. The second-order valence-corrected chi connectivity index (χ2v) is 4.66. The van der Waals surface area contributed by atoms with Crippen molar-refractivity contribution in [1.29, 1.82) is 0 Å². The molecule has 3 aromatic rings. The third-order valence-corrected chi connectivity index (χ3v) is 3.25. The number of benzene rings is 2. The molecule has 0 unspecified atom stereocenters. The van der Waals surface area contributed by atoms with Crippen LogP contribution < -0.4 is 4.74 Å². The highest BCUT2D eigenvalue weighted by atomic mass is 16.5. The average Bonchev–Trinajstić information content (AvgIpc) is 2.55. The summed E-state index contributed by atoms with van der Waals surface area (Å²) < 4.78 is 5.52. The molecular weight excluding hydrogens is 278 g/mol. The lowest BCUT2D eigenvalue weighted by atomic mass is 9.98. The summed E-state index contributed by atoms with van der Waals surface area (Å²) in [6, 6.07) is 15.5. The molecule has 3 rings (SSSR count). The van der Waals surface area contributed by atoms with Crippen LogP contribution in [0.2, 0.25) is 0 Å². The third-order valence-electron chi connectivity index (χ3n) is 3.25. The molecule has 0 amide bonds. The van der Waals surface area contributed by atoms with Crippen molar-refractivity contribution in [1.82, 2.24) is 4.98 Å². The van der Waals surface area contributed by atoms with Crippen LogP contribution in [0, 0.1) is 0 Å². The van der Waals surface area contributed by atoms with E-state index in [0.717, 1.165) is 28.0 Å². The highest BCUT2D eigenvalue weighted by Crippen LogP contribution is 2.36. The molecule has 2 aromatic carbocycles. The van der Waals surface area contributed by atoms with E-state index in [1.807, 2.05) is 48.5 Å². The zero-order valence-electron chi connectivity index (χ0n) is 11.6. The monoisotopic (exact) mass is 291 g/mol. The summed E-state index contributed by atoms with van der Waals surface area (Å²) in [5.41, 5.74) is 1.80. The van der Waals surface area contributed by atoms with Gasteiger partial charge in [0, 0.05) is 23.5 Å². The van der Waals surface area contributed by atoms with E-state index in [1.54, 1.807) is 12.4 Å². The second kappa shape index (κ2) is 6.10. The van der Waals surface area contributed by atoms with Gasteiger partial charge in [0.15, 0.2) is 0 Å². The van der Waals surface area contributed by atoms with Crippen molar-refractivity contribution in [2.75, 3.05) is 0 Å². The molecule has 0 bridgehead atoms. The maximum atomic E-state index is 10.6. The van der Waals surface area contributed by atoms with Crippen molar-refractivity contribution < 1.29 is 14.6 Å². The Morgan fingerprint density at radius 3 is 2.73 bits per heavy atom. The van der Waals surface area contributed by atoms with Crippen molar-refractivity contribution in [3.8, 4) is 16.9 Å². The number of aliphatic carboxylic acids is 1. The molecule has 1 aromatic heterocycles. The zero-order valence-corrected chi connectivity index (χ0v) is 11.6. The Morgan fingerprint density at radius 1 is 1.09 bits per heavy atom. The predicted octanol–water partition coefficient (Wildman–Crippen LogP) is 3.88. The van der Waals surface area contributed by atoms with E-state index in [0.29, 0.717) is 5.75 Å². The molecule has 0 aliphatic rings. The Balaban J connectivity index is 2.17. The van der Waals surface area contributed by atoms with Gasteiger partial charge >= 0.3 is 5.97 Å². The van der Waals surface area contributed by atoms with Crippen molar-refractivity contribution in [3.05, 3.63) is 73.3 Å². The summed E-state index contributed by atoms with van der Waals surface area (Å²) in [6.45, 7) is 0. The summed E-state index contributed by atoms with van der Waals surface area (Å²) in [5, 5.41) is 10.8. The largest absolute Gasteiger partial charge is 0.478 e. The van der Waals surface area contributed by atoms with Gasteiger partial charge in [-0.25, -0.2) is 4.79 Å². The first-order valence-electron chi connectivity index (χ1n) is 6.74. The van der Waals surface area contributed by atoms with Gasteiger partial charge in [-0.05, 0) is 22.9 Å². The summed E-state index contributed by atoms with van der Waals surface area (Å²) >= 11 is 0. The summed E-state index contributed by atoms with van der Waals surface area (Å²) in [7, 11) is 0. The maximum absolute atomic E-state index is 10.6. The summed E-state index contributed by atoms with van der Waals surface area (Å²) in [5.74, 6) is -0.465. The molecular formula is C18H13NO3. The first-order valence-corrected chi connectivity index (χ1v) is 6.74. The molecule has 4 heteroatoms. The van der Waals surface area contributed by atoms with Gasteiger partial charge in [-0.1, -0.05) is 36.4 Å². The number of fused-ring (bicyclic) bond motifs is 1. The quantitative estimate of drug-likeness (QED) is 0.585. The zero-order chi connectivity index (χ0) is 15.4. The van der Waals surface area contributed by atoms with Crippen LogP contribution in [0.3, 0.4) is 0 Å². The van der Waals surface area contributed by atoms with Gasteiger partial charge in [-0.15, -0.1) is 0 Å². The fraction of sp³-hybridized carbons (Fsp3) is 0. The van der Waals surface area contributed by atoms with Crippen LogP contribution in [0.5, 0.6) is 5.75 Å². The van der Waals surface area contributed by atoms with Gasteiger partial charge < -0.3 is 9.84 Å². The highest BCUT2D eigenvalue weighted by molar-refractivity contribution is 5.99. The molecule has 0 saturated heterocycles. The van der Waals surface area contributed by atoms with E-state index in [1.165, 1.54) is 6.26 Å². The first kappa shape index (κ1) is 13.8. The molecule has 0 saturated carbocycles. The van der Waals surface area contributed by atoms with Crippen LogP contribution in [0.4, 0.5) is 0 Å². The smallest absolute Gasteiger partial charge is 0.331 e. The SMILES string of the molecule is O=C(O)/C=C/Oc1ccc2ccccc2c1-c1cccnc1. The lowest BCUT2D eigenvalue weighted by molar-refractivity contribution is -0.131. The molecule has 0 aliphatic heterocycles. The Hall–Kier alpha value is -3.14. The van der Waals surface area contributed by atoms with E-state index in [-0.39, 0.29) is 0 Å². The predicted molar refractivity (Wildman–Crippen MR) is 84.6 cm³/mol. The van der Waals surface area contributed by atoms with E-state index >= 15 is 0 Å². The summed E-state index contributed by atoms with van der Waals surface area (Å²) in [4.78, 5) is 14.7. The van der Waals surface area contributed by atoms with Gasteiger partial charge in [0.25, 0.3) is 0 Å². The van der Waals surface area contributed by atoms with Crippen molar-refractivity contribution in [3.63, 3.8) is 0 Å². The standard InChI is InChI=1S/C18H13NO3/c20-17(21)9-11-22-16-8-7-13-4-1-2-6-15(13)18(16)14-5-3-10-19-12-14/h1-12H,(H,20,21)/b11-9+. The number of rotatable bonds is 4. The fourth-order valence-corrected chi connectivity index (χ4v) is 2.32. The van der Waals surface area contributed by atoms with Crippen LogP contribution in [0.1, 0.15) is 0 Å². The molecule has 22 heavy (non-hydrogen) atoms. The van der Waals surface area contributed by atoms with E-state index < -0.39 is 5.97 Å². The van der Waals surface area contributed by atoms with E-state index in [2.05, 4.69) is 4.98 Å². The molecule has 0 radical (unpaired) electrons. The van der Waals surface area contributed by atoms with Gasteiger partial charge in [-0.3, -0.25) is 4.98 Å². The number of pyridine rings is 1. The van der Waals surface area contributed by atoms with E-state index in [9.17, 15) is 4.79 Å². The third kappa shape index (κ3) is 2.81. The summed E-state index contributed by atoms with van der Waals surface area (Å²) in [6.07, 6.45) is 5.60. The minimum atomic E-state index is -1.05. The fourth-order valence-electron chi connectivity index (χ4n) is 2.32. The number of ether oxygens (including phenoxy) is 1. The Bertz CT molecular complexity index is 841. The molecule has 0 atom stereocenters. The minimum Gasteiger partial charge on any atom is -0.478 e. The lowest BCUT2D eigenvalue weighted by Gasteiger charge is -2.12. The van der Waals surface area contributed by atoms with Crippen LogP contribution >= 0.6 is 0 Å². The lowest BCUT2D eigenvalue weighted by Crippen LogP contribution is -1.92.